The molecule has 2 aromatic rings. The van der Waals surface area contributed by atoms with Crippen LogP contribution in [0.3, 0.4) is 0 Å². The standard InChI is InChI=1S/C15H13F2NO2/c1-9(10-5-3-2-4-6-10)20-15(19)11-7-13(17)14(18)8-12(11)16/h2-9H,18H2,1H3. The van der Waals surface area contributed by atoms with Gasteiger partial charge in [0.1, 0.15) is 17.7 Å². The summed E-state index contributed by atoms with van der Waals surface area (Å²) in [6, 6.07) is 10.5. The molecule has 0 aliphatic carbocycles. The first-order valence-electron chi connectivity index (χ1n) is 5.99. The first-order chi connectivity index (χ1) is 9.49. The van der Waals surface area contributed by atoms with Crippen molar-refractivity contribution in [1.82, 2.24) is 0 Å². The number of hydrogen-bond donors (Lipinski definition) is 1. The molecule has 0 radical (unpaired) electrons. The van der Waals surface area contributed by atoms with Crippen LogP contribution >= 0.6 is 0 Å². The topological polar surface area (TPSA) is 52.3 Å². The van der Waals surface area contributed by atoms with Crippen molar-refractivity contribution in [1.29, 1.82) is 0 Å². The second-order valence-electron chi connectivity index (χ2n) is 4.31. The molecule has 0 fully saturated rings. The molecule has 3 nitrogen and oxygen atoms in total. The van der Waals surface area contributed by atoms with Crippen LogP contribution in [-0.4, -0.2) is 5.97 Å². The SMILES string of the molecule is CC(OC(=O)c1cc(F)c(N)cc1F)c1ccccc1. The van der Waals surface area contributed by atoms with E-state index >= 15 is 0 Å². The van der Waals surface area contributed by atoms with E-state index in [1.54, 1.807) is 31.2 Å². The highest BCUT2D eigenvalue weighted by Crippen LogP contribution is 2.21. The minimum Gasteiger partial charge on any atom is -0.454 e. The maximum atomic E-state index is 13.6. The van der Waals surface area contributed by atoms with Crippen molar-refractivity contribution in [2.24, 2.45) is 0 Å². The minimum absolute atomic E-state index is 0.352. The second kappa shape index (κ2) is 5.69. The summed E-state index contributed by atoms with van der Waals surface area (Å²) in [6.07, 6.45) is -0.566. The van der Waals surface area contributed by atoms with Gasteiger partial charge in [0.25, 0.3) is 0 Å². The summed E-state index contributed by atoms with van der Waals surface area (Å²) in [6.45, 7) is 1.65. The smallest absolute Gasteiger partial charge is 0.341 e. The van der Waals surface area contributed by atoms with Crippen LogP contribution in [-0.2, 0) is 4.74 Å². The fourth-order valence-corrected chi connectivity index (χ4v) is 1.73. The minimum atomic E-state index is -0.933. The van der Waals surface area contributed by atoms with Gasteiger partial charge in [-0.2, -0.15) is 0 Å². The van der Waals surface area contributed by atoms with E-state index in [1.807, 2.05) is 6.07 Å². The summed E-state index contributed by atoms with van der Waals surface area (Å²) in [5, 5.41) is 0. The van der Waals surface area contributed by atoms with Crippen LogP contribution in [0.25, 0.3) is 0 Å². The Morgan fingerprint density at radius 1 is 1.15 bits per heavy atom. The number of hydrogen-bond acceptors (Lipinski definition) is 3. The van der Waals surface area contributed by atoms with Crippen molar-refractivity contribution >= 4 is 11.7 Å². The van der Waals surface area contributed by atoms with Crippen molar-refractivity contribution in [3.8, 4) is 0 Å². The third-order valence-electron chi connectivity index (χ3n) is 2.86. The Kier molecular flexibility index (Phi) is 3.98. The predicted octanol–water partition coefficient (Wildman–Crippen LogP) is 3.47. The van der Waals surface area contributed by atoms with Gasteiger partial charge in [-0.05, 0) is 18.6 Å². The third-order valence-corrected chi connectivity index (χ3v) is 2.86. The predicted molar refractivity (Wildman–Crippen MR) is 71.0 cm³/mol. The van der Waals surface area contributed by atoms with Crippen LogP contribution in [0.1, 0.15) is 28.9 Å². The van der Waals surface area contributed by atoms with E-state index in [4.69, 9.17) is 10.5 Å². The molecular formula is C15H13F2NO2. The number of benzene rings is 2. The number of nitrogen functional groups attached to an aromatic ring is 1. The van der Waals surface area contributed by atoms with Gasteiger partial charge in [-0.1, -0.05) is 30.3 Å². The molecular weight excluding hydrogens is 264 g/mol. The number of nitrogens with two attached hydrogens (primary N) is 1. The van der Waals surface area contributed by atoms with Gasteiger partial charge in [0.15, 0.2) is 0 Å². The van der Waals surface area contributed by atoms with Crippen LogP contribution in [0, 0.1) is 11.6 Å². The molecule has 0 aliphatic rings. The number of carbonyl (C=O) groups is 1. The van der Waals surface area contributed by atoms with Gasteiger partial charge >= 0.3 is 5.97 Å². The lowest BCUT2D eigenvalue weighted by Crippen LogP contribution is -2.12. The van der Waals surface area contributed by atoms with E-state index in [2.05, 4.69) is 0 Å². The zero-order valence-corrected chi connectivity index (χ0v) is 10.8. The van der Waals surface area contributed by atoms with E-state index in [0.717, 1.165) is 17.7 Å². The maximum absolute atomic E-state index is 13.6. The lowest BCUT2D eigenvalue weighted by atomic mass is 10.1. The van der Waals surface area contributed by atoms with E-state index in [-0.39, 0.29) is 5.69 Å². The number of anilines is 1. The van der Waals surface area contributed by atoms with E-state index in [0.29, 0.717) is 0 Å². The zero-order valence-electron chi connectivity index (χ0n) is 10.8. The molecule has 1 atom stereocenters. The van der Waals surface area contributed by atoms with Crippen molar-refractivity contribution in [3.63, 3.8) is 0 Å². The summed E-state index contributed by atoms with van der Waals surface area (Å²) >= 11 is 0. The molecule has 0 saturated heterocycles. The molecule has 2 N–H and O–H groups in total. The summed E-state index contributed by atoms with van der Waals surface area (Å²) in [5.41, 5.74) is 5.15. The molecule has 2 rings (SSSR count). The van der Waals surface area contributed by atoms with Crippen LogP contribution in [0.2, 0.25) is 0 Å². The first-order valence-corrected chi connectivity index (χ1v) is 5.99. The van der Waals surface area contributed by atoms with E-state index in [1.165, 1.54) is 0 Å². The van der Waals surface area contributed by atoms with Crippen LogP contribution in [0.4, 0.5) is 14.5 Å². The summed E-state index contributed by atoms with van der Waals surface area (Å²) in [5.74, 6) is -2.70. The number of halogens is 2. The quantitative estimate of drug-likeness (QED) is 0.690. The number of esters is 1. The summed E-state index contributed by atoms with van der Waals surface area (Å²) < 4.78 is 32.0. The lowest BCUT2D eigenvalue weighted by molar-refractivity contribution is 0.0332. The highest BCUT2D eigenvalue weighted by molar-refractivity contribution is 5.90. The Morgan fingerprint density at radius 2 is 1.80 bits per heavy atom. The summed E-state index contributed by atoms with van der Waals surface area (Å²) in [7, 11) is 0. The molecule has 104 valence electrons. The van der Waals surface area contributed by atoms with Crippen LogP contribution in [0.15, 0.2) is 42.5 Å². The second-order valence-corrected chi connectivity index (χ2v) is 4.31. The average Bonchev–Trinajstić information content (AvgIpc) is 2.43. The van der Waals surface area contributed by atoms with E-state index < -0.39 is 29.3 Å². The molecule has 0 saturated carbocycles. The normalized spacial score (nSPS) is 11.9. The van der Waals surface area contributed by atoms with E-state index in [9.17, 15) is 13.6 Å². The molecule has 0 aliphatic heterocycles. The van der Waals surface area contributed by atoms with Crippen molar-refractivity contribution in [2.75, 3.05) is 5.73 Å². The van der Waals surface area contributed by atoms with Gasteiger partial charge in [0.05, 0.1) is 11.3 Å². The molecule has 0 bridgehead atoms. The van der Waals surface area contributed by atoms with Crippen molar-refractivity contribution < 1.29 is 18.3 Å². The molecule has 0 spiro atoms. The van der Waals surface area contributed by atoms with Gasteiger partial charge in [-0.3, -0.25) is 0 Å². The maximum Gasteiger partial charge on any atom is 0.341 e. The van der Waals surface area contributed by atoms with Crippen LogP contribution in [0.5, 0.6) is 0 Å². The fourth-order valence-electron chi connectivity index (χ4n) is 1.73. The zero-order chi connectivity index (χ0) is 14.7. The van der Waals surface area contributed by atoms with Crippen molar-refractivity contribution in [2.45, 2.75) is 13.0 Å². The largest absolute Gasteiger partial charge is 0.454 e. The third kappa shape index (κ3) is 2.93. The lowest BCUT2D eigenvalue weighted by Gasteiger charge is -2.14. The molecule has 0 amide bonds. The molecule has 0 aromatic heterocycles. The van der Waals surface area contributed by atoms with Crippen LogP contribution < -0.4 is 5.73 Å². The number of carbonyl (C=O) groups excluding carboxylic acids is 1. The molecule has 0 heterocycles. The molecule has 2 aromatic carbocycles. The Bertz CT molecular complexity index is 629. The number of rotatable bonds is 3. The Balaban J connectivity index is 2.19. The van der Waals surface area contributed by atoms with Gasteiger partial charge < -0.3 is 10.5 Å². The average molecular weight is 277 g/mol. The first kappa shape index (κ1) is 14.0. The Morgan fingerprint density at radius 3 is 2.45 bits per heavy atom. The monoisotopic (exact) mass is 277 g/mol. The van der Waals surface area contributed by atoms with Gasteiger partial charge in [0.2, 0.25) is 0 Å². The fraction of sp³-hybridized carbons (Fsp3) is 0.133. The Hall–Kier alpha value is -2.43. The summed E-state index contributed by atoms with van der Waals surface area (Å²) in [4.78, 5) is 11.8. The molecule has 20 heavy (non-hydrogen) atoms. The Labute approximate surface area is 115 Å². The van der Waals surface area contributed by atoms with Gasteiger partial charge in [-0.25, -0.2) is 13.6 Å². The molecule has 1 unspecified atom stereocenters. The highest BCUT2D eigenvalue weighted by atomic mass is 19.1. The number of ether oxygens (including phenoxy) is 1. The molecule has 5 heteroatoms. The van der Waals surface area contributed by atoms with Gasteiger partial charge in [-0.15, -0.1) is 0 Å². The van der Waals surface area contributed by atoms with Gasteiger partial charge in [0, 0.05) is 6.07 Å². The highest BCUT2D eigenvalue weighted by Gasteiger charge is 2.19. The van der Waals surface area contributed by atoms with Crippen molar-refractivity contribution in [3.05, 3.63) is 65.2 Å².